The van der Waals surface area contributed by atoms with E-state index in [0.717, 1.165) is 30.2 Å². The maximum atomic E-state index is 6.04. The van der Waals surface area contributed by atoms with Crippen LogP contribution in [0.5, 0.6) is 0 Å². The van der Waals surface area contributed by atoms with Crippen molar-refractivity contribution in [3.8, 4) is 0 Å². The van der Waals surface area contributed by atoms with E-state index in [0.29, 0.717) is 16.0 Å². The summed E-state index contributed by atoms with van der Waals surface area (Å²) in [6.45, 7) is 2.73. The standard InChI is InChI=1S/C19H18Cl2N4/c1-13-11-18(22-10-9-14-5-3-2-4-6-14)25-19(23-13)24-15-7-8-16(20)17(21)12-15/h2-8,11-12H,9-10H2,1H3,(H2,22,23,24,25). The molecule has 6 heteroatoms. The Labute approximate surface area is 157 Å². The van der Waals surface area contributed by atoms with Crippen molar-refractivity contribution < 1.29 is 0 Å². The molecule has 0 aliphatic rings. The van der Waals surface area contributed by atoms with E-state index in [1.54, 1.807) is 12.1 Å². The fraction of sp³-hybridized carbons (Fsp3) is 0.158. The lowest BCUT2D eigenvalue weighted by Gasteiger charge is -2.10. The summed E-state index contributed by atoms with van der Waals surface area (Å²) in [4.78, 5) is 8.91. The second-order valence-corrected chi connectivity index (χ2v) is 6.45. The van der Waals surface area contributed by atoms with Crippen LogP contribution < -0.4 is 10.6 Å². The molecule has 0 unspecified atom stereocenters. The van der Waals surface area contributed by atoms with Crippen LogP contribution in [0.2, 0.25) is 10.0 Å². The highest BCUT2D eigenvalue weighted by atomic mass is 35.5. The lowest BCUT2D eigenvalue weighted by atomic mass is 10.1. The van der Waals surface area contributed by atoms with E-state index in [1.165, 1.54) is 5.56 Å². The molecule has 0 spiro atoms. The first-order valence-corrected chi connectivity index (χ1v) is 8.71. The van der Waals surface area contributed by atoms with Crippen molar-refractivity contribution in [3.05, 3.63) is 75.9 Å². The molecule has 0 aliphatic heterocycles. The van der Waals surface area contributed by atoms with Crippen molar-refractivity contribution in [3.63, 3.8) is 0 Å². The number of anilines is 3. The van der Waals surface area contributed by atoms with Gasteiger partial charge in [-0.1, -0.05) is 53.5 Å². The Morgan fingerprint density at radius 3 is 2.48 bits per heavy atom. The number of nitrogens with zero attached hydrogens (tertiary/aromatic N) is 2. The fourth-order valence-electron chi connectivity index (χ4n) is 2.40. The van der Waals surface area contributed by atoms with Gasteiger partial charge in [-0.2, -0.15) is 4.98 Å². The average molecular weight is 373 g/mol. The SMILES string of the molecule is Cc1cc(NCCc2ccccc2)nc(Nc2ccc(Cl)c(Cl)c2)n1. The van der Waals surface area contributed by atoms with Gasteiger partial charge in [0.15, 0.2) is 0 Å². The molecule has 0 radical (unpaired) electrons. The number of aryl methyl sites for hydroxylation is 1. The van der Waals surface area contributed by atoms with Gasteiger partial charge in [0.05, 0.1) is 10.0 Å². The highest BCUT2D eigenvalue weighted by Gasteiger charge is 2.05. The molecule has 0 aliphatic carbocycles. The number of benzene rings is 2. The van der Waals surface area contributed by atoms with E-state index < -0.39 is 0 Å². The molecule has 0 fully saturated rings. The van der Waals surface area contributed by atoms with Gasteiger partial charge in [0.25, 0.3) is 0 Å². The summed E-state index contributed by atoms with van der Waals surface area (Å²) in [5.41, 5.74) is 2.95. The molecule has 1 heterocycles. The lowest BCUT2D eigenvalue weighted by molar-refractivity contribution is 0.995. The number of hydrogen-bond donors (Lipinski definition) is 2. The van der Waals surface area contributed by atoms with Crippen LogP contribution in [0.1, 0.15) is 11.3 Å². The fourth-order valence-corrected chi connectivity index (χ4v) is 2.70. The third-order valence-corrected chi connectivity index (χ3v) is 4.33. The van der Waals surface area contributed by atoms with E-state index in [4.69, 9.17) is 23.2 Å². The summed E-state index contributed by atoms with van der Waals surface area (Å²) in [6, 6.07) is 17.6. The summed E-state index contributed by atoms with van der Waals surface area (Å²) in [5.74, 6) is 1.30. The van der Waals surface area contributed by atoms with E-state index >= 15 is 0 Å². The van der Waals surface area contributed by atoms with Crippen molar-refractivity contribution >= 4 is 40.7 Å². The zero-order valence-electron chi connectivity index (χ0n) is 13.8. The van der Waals surface area contributed by atoms with Crippen molar-refractivity contribution in [2.75, 3.05) is 17.2 Å². The molecular weight excluding hydrogens is 355 g/mol. The Bertz CT molecular complexity index is 853. The number of nitrogens with one attached hydrogen (secondary N) is 2. The average Bonchev–Trinajstić information content (AvgIpc) is 2.59. The quantitative estimate of drug-likeness (QED) is 0.600. The zero-order valence-corrected chi connectivity index (χ0v) is 15.3. The summed E-state index contributed by atoms with van der Waals surface area (Å²) in [6.07, 6.45) is 0.930. The van der Waals surface area contributed by atoms with Gasteiger partial charge in [0.2, 0.25) is 5.95 Å². The van der Waals surface area contributed by atoms with Crippen LogP contribution in [0.4, 0.5) is 17.5 Å². The first-order chi connectivity index (χ1) is 12.1. The van der Waals surface area contributed by atoms with E-state index in [2.05, 4.69) is 32.7 Å². The summed E-state index contributed by atoms with van der Waals surface area (Å²) < 4.78 is 0. The Kier molecular flexibility index (Phi) is 5.74. The van der Waals surface area contributed by atoms with Crippen molar-refractivity contribution in [2.24, 2.45) is 0 Å². The lowest BCUT2D eigenvalue weighted by Crippen LogP contribution is -2.08. The van der Waals surface area contributed by atoms with Crippen LogP contribution in [0, 0.1) is 6.92 Å². The molecule has 0 saturated heterocycles. The summed E-state index contributed by atoms with van der Waals surface area (Å²) in [7, 11) is 0. The van der Waals surface area contributed by atoms with Gasteiger partial charge < -0.3 is 10.6 Å². The van der Waals surface area contributed by atoms with Crippen LogP contribution in [-0.2, 0) is 6.42 Å². The Balaban J connectivity index is 1.66. The predicted molar refractivity (Wildman–Crippen MR) is 105 cm³/mol. The maximum Gasteiger partial charge on any atom is 0.229 e. The third-order valence-electron chi connectivity index (χ3n) is 3.59. The molecule has 0 amide bonds. The van der Waals surface area contributed by atoms with Crippen LogP contribution in [-0.4, -0.2) is 16.5 Å². The Morgan fingerprint density at radius 1 is 0.920 bits per heavy atom. The van der Waals surface area contributed by atoms with Crippen molar-refractivity contribution in [2.45, 2.75) is 13.3 Å². The highest BCUT2D eigenvalue weighted by molar-refractivity contribution is 6.42. The topological polar surface area (TPSA) is 49.8 Å². The minimum atomic E-state index is 0.487. The molecule has 1 aromatic heterocycles. The smallest absolute Gasteiger partial charge is 0.229 e. The second-order valence-electron chi connectivity index (χ2n) is 5.63. The van der Waals surface area contributed by atoms with Gasteiger partial charge >= 0.3 is 0 Å². The van der Waals surface area contributed by atoms with Gasteiger partial charge in [0, 0.05) is 24.0 Å². The van der Waals surface area contributed by atoms with E-state index in [9.17, 15) is 0 Å². The van der Waals surface area contributed by atoms with E-state index in [-0.39, 0.29) is 0 Å². The minimum Gasteiger partial charge on any atom is -0.370 e. The molecule has 128 valence electrons. The molecule has 3 aromatic rings. The number of hydrogen-bond acceptors (Lipinski definition) is 4. The van der Waals surface area contributed by atoms with Crippen LogP contribution in [0.3, 0.4) is 0 Å². The van der Waals surface area contributed by atoms with Crippen molar-refractivity contribution in [1.82, 2.24) is 9.97 Å². The Hall–Kier alpha value is -2.30. The third kappa shape index (κ3) is 5.08. The van der Waals surface area contributed by atoms with Gasteiger partial charge in [-0.05, 0) is 37.1 Å². The molecule has 0 bridgehead atoms. The number of halogens is 2. The van der Waals surface area contributed by atoms with Crippen LogP contribution in [0.25, 0.3) is 0 Å². The molecule has 4 nitrogen and oxygen atoms in total. The molecular formula is C19H18Cl2N4. The summed E-state index contributed by atoms with van der Waals surface area (Å²) >= 11 is 12.0. The van der Waals surface area contributed by atoms with Gasteiger partial charge in [-0.15, -0.1) is 0 Å². The first kappa shape index (κ1) is 17.5. The zero-order chi connectivity index (χ0) is 17.6. The second kappa shape index (κ2) is 8.19. The van der Waals surface area contributed by atoms with Crippen LogP contribution in [0.15, 0.2) is 54.6 Å². The first-order valence-electron chi connectivity index (χ1n) is 7.96. The van der Waals surface area contributed by atoms with Crippen molar-refractivity contribution in [1.29, 1.82) is 0 Å². The Morgan fingerprint density at radius 2 is 1.72 bits per heavy atom. The maximum absolute atomic E-state index is 6.04. The highest BCUT2D eigenvalue weighted by Crippen LogP contribution is 2.26. The van der Waals surface area contributed by atoms with Gasteiger partial charge in [-0.25, -0.2) is 4.98 Å². The largest absolute Gasteiger partial charge is 0.370 e. The normalized spacial score (nSPS) is 10.5. The minimum absolute atomic E-state index is 0.487. The molecule has 2 N–H and O–H groups in total. The van der Waals surface area contributed by atoms with Crippen LogP contribution >= 0.6 is 23.2 Å². The van der Waals surface area contributed by atoms with E-state index in [1.807, 2.05) is 37.3 Å². The summed E-state index contributed by atoms with van der Waals surface area (Å²) in [5, 5.41) is 7.50. The monoisotopic (exact) mass is 372 g/mol. The molecule has 25 heavy (non-hydrogen) atoms. The molecule has 3 rings (SSSR count). The molecule has 0 saturated carbocycles. The molecule has 2 aromatic carbocycles. The van der Waals surface area contributed by atoms with Gasteiger partial charge in [-0.3, -0.25) is 0 Å². The number of rotatable bonds is 6. The number of aromatic nitrogens is 2. The molecule has 0 atom stereocenters. The predicted octanol–water partition coefficient (Wildman–Crippen LogP) is 5.49. The van der Waals surface area contributed by atoms with Gasteiger partial charge in [0.1, 0.15) is 5.82 Å².